The number of hydrogen-bond donors (Lipinski definition) is 3. The minimum Gasteiger partial charge on any atom is -0.453 e. The van der Waals surface area contributed by atoms with E-state index in [0.717, 1.165) is 77.8 Å². The van der Waals surface area contributed by atoms with Crippen LogP contribution in [0.4, 0.5) is 13.2 Å². The maximum atomic E-state index is 12.7. The Morgan fingerprint density at radius 1 is 1.09 bits per heavy atom. The smallest absolute Gasteiger partial charge is 0.439 e. The molecule has 2 saturated carbocycles. The highest BCUT2D eigenvalue weighted by Crippen LogP contribution is 2.34. The first-order valence-electron chi connectivity index (χ1n) is 12.7. The van der Waals surface area contributed by atoms with Gasteiger partial charge in [-0.15, -0.1) is 11.6 Å². The second kappa shape index (κ2) is 12.5. The Morgan fingerprint density at radius 3 is 2.21 bits per heavy atom. The summed E-state index contributed by atoms with van der Waals surface area (Å²) < 4.78 is 42.7. The molecular weight excluding hydrogens is 471 g/mol. The average molecular weight is 512 g/mol. The molecule has 34 heavy (non-hydrogen) atoms. The highest BCUT2D eigenvalue weighted by molar-refractivity contribution is 6.20. The van der Waals surface area contributed by atoms with Crippen molar-refractivity contribution >= 4 is 17.5 Å². The van der Waals surface area contributed by atoms with Gasteiger partial charge in [0.2, 0.25) is 6.23 Å². The number of nitrogens with one attached hydrogen (secondary N) is 1. The second-order valence-corrected chi connectivity index (χ2v) is 10.7. The Bertz CT molecular complexity index is 635. The first-order chi connectivity index (χ1) is 16.1. The van der Waals surface area contributed by atoms with E-state index >= 15 is 0 Å². The molecule has 11 heteroatoms. The van der Waals surface area contributed by atoms with Crippen LogP contribution in [0.25, 0.3) is 0 Å². The van der Waals surface area contributed by atoms with Gasteiger partial charge in [-0.2, -0.15) is 13.2 Å². The van der Waals surface area contributed by atoms with Crippen molar-refractivity contribution in [3.05, 3.63) is 0 Å². The molecule has 1 aliphatic heterocycles. The molecule has 7 nitrogen and oxygen atoms in total. The number of nitrogens with two attached hydrogens (primary N) is 1. The third-order valence-electron chi connectivity index (χ3n) is 7.84. The molecule has 0 aromatic carbocycles. The molecule has 2 atom stereocenters. The van der Waals surface area contributed by atoms with Gasteiger partial charge in [0.15, 0.2) is 12.2 Å². The molecule has 198 valence electrons. The van der Waals surface area contributed by atoms with Crippen molar-refractivity contribution in [1.82, 2.24) is 14.7 Å². The van der Waals surface area contributed by atoms with Crippen LogP contribution in [0.3, 0.4) is 0 Å². The topological polar surface area (TPSA) is 89.0 Å². The first-order valence-corrected chi connectivity index (χ1v) is 13.1. The lowest BCUT2D eigenvalue weighted by molar-refractivity contribution is -0.198. The Morgan fingerprint density at radius 2 is 1.68 bits per heavy atom. The normalized spacial score (nSPS) is 31.9. The summed E-state index contributed by atoms with van der Waals surface area (Å²) in [5.74, 6) is -0.383. The molecule has 1 heterocycles. The number of piperazine rings is 1. The Labute approximate surface area is 206 Å². The largest absolute Gasteiger partial charge is 0.453 e. The van der Waals surface area contributed by atoms with Crippen LogP contribution in [0.2, 0.25) is 0 Å². The van der Waals surface area contributed by atoms with Crippen LogP contribution in [0.5, 0.6) is 0 Å². The number of aliphatic hydroxyl groups excluding tert-OH is 1. The van der Waals surface area contributed by atoms with Gasteiger partial charge in [-0.1, -0.05) is 6.92 Å². The van der Waals surface area contributed by atoms with Gasteiger partial charge in [0, 0.05) is 50.1 Å². The van der Waals surface area contributed by atoms with Crippen molar-refractivity contribution in [1.29, 1.82) is 5.41 Å². The maximum absolute atomic E-state index is 12.7. The van der Waals surface area contributed by atoms with Crippen LogP contribution < -0.4 is 5.73 Å². The van der Waals surface area contributed by atoms with Crippen LogP contribution in [0.15, 0.2) is 0 Å². The lowest BCUT2D eigenvalue weighted by atomic mass is 9.81. The number of halogens is 4. The van der Waals surface area contributed by atoms with Crippen LogP contribution in [-0.4, -0.2) is 95.1 Å². The summed E-state index contributed by atoms with van der Waals surface area (Å²) in [4.78, 5) is 6.79. The molecule has 2 aliphatic carbocycles. The molecule has 2 unspecified atom stereocenters. The number of aliphatic hydroxyl groups is 1. The molecule has 4 N–H and O–H groups in total. The van der Waals surface area contributed by atoms with Crippen LogP contribution in [-0.2, 0) is 4.74 Å². The molecule has 0 aromatic heterocycles. The molecular formula is C23H41ClF3N5O2. The van der Waals surface area contributed by atoms with Crippen molar-refractivity contribution < 1.29 is 23.0 Å². The highest BCUT2D eigenvalue weighted by Gasteiger charge is 2.41. The third kappa shape index (κ3) is 7.67. The Kier molecular flexibility index (Phi) is 10.3. The summed E-state index contributed by atoms with van der Waals surface area (Å²) in [6.07, 6.45) is -1.18. The minimum atomic E-state index is -4.68. The fourth-order valence-electron chi connectivity index (χ4n) is 5.52. The molecule has 3 aliphatic rings. The van der Waals surface area contributed by atoms with E-state index < -0.39 is 18.8 Å². The second-order valence-electron chi connectivity index (χ2n) is 10.1. The lowest BCUT2D eigenvalue weighted by Gasteiger charge is -2.46. The summed E-state index contributed by atoms with van der Waals surface area (Å²) in [7, 11) is 0. The quantitative estimate of drug-likeness (QED) is 0.200. The first kappa shape index (κ1) is 27.9. The Hall–Kier alpha value is -0.650. The molecule has 3 fully saturated rings. The van der Waals surface area contributed by atoms with Gasteiger partial charge in [-0.3, -0.25) is 20.9 Å². The van der Waals surface area contributed by atoms with Crippen LogP contribution >= 0.6 is 11.6 Å². The van der Waals surface area contributed by atoms with E-state index in [0.29, 0.717) is 18.8 Å². The fraction of sp³-hybridized carbons (Fsp3) is 0.957. The number of ether oxygens (including phenoxy) is 1. The number of likely N-dealkylation sites (N-methyl/N-ethyl adjacent to an activating group) is 1. The lowest BCUT2D eigenvalue weighted by Crippen LogP contribution is -2.59. The zero-order chi connectivity index (χ0) is 24.9. The summed E-state index contributed by atoms with van der Waals surface area (Å²) in [5.41, 5.74) is 5.03. The van der Waals surface area contributed by atoms with Gasteiger partial charge in [0.1, 0.15) is 0 Å². The molecule has 0 aromatic rings. The fourth-order valence-corrected chi connectivity index (χ4v) is 5.78. The number of hydrogen-bond acceptors (Lipinski definition) is 7. The predicted molar refractivity (Wildman–Crippen MR) is 127 cm³/mol. The van der Waals surface area contributed by atoms with Gasteiger partial charge in [0.05, 0.1) is 0 Å². The number of nitrogens with zero attached hydrogens (tertiary/aromatic N) is 3. The summed E-state index contributed by atoms with van der Waals surface area (Å²) >= 11 is 6.34. The average Bonchev–Trinajstić information content (AvgIpc) is 2.82. The molecule has 0 radical (unpaired) electrons. The summed E-state index contributed by atoms with van der Waals surface area (Å²) in [6, 6.07) is 0.276. The number of alkyl halides is 4. The summed E-state index contributed by atoms with van der Waals surface area (Å²) in [6.45, 7) is 7.47. The molecule has 0 spiro atoms. The van der Waals surface area contributed by atoms with Crippen molar-refractivity contribution in [3.8, 4) is 0 Å². The van der Waals surface area contributed by atoms with Gasteiger partial charge >= 0.3 is 6.18 Å². The zero-order valence-electron chi connectivity index (χ0n) is 20.1. The molecule has 0 amide bonds. The molecule has 1 saturated heterocycles. The van der Waals surface area contributed by atoms with Gasteiger partial charge in [-0.05, 0) is 63.8 Å². The van der Waals surface area contributed by atoms with Crippen molar-refractivity contribution in [2.75, 3.05) is 39.3 Å². The predicted octanol–water partition coefficient (Wildman–Crippen LogP) is 3.40. The Balaban J connectivity index is 1.56. The molecule has 3 rings (SSSR count). The van der Waals surface area contributed by atoms with E-state index in [9.17, 15) is 18.3 Å². The standard InChI is InChI=1S/C23H41ClF3N5O2/c1-2-30-11-13-31(14-12-30)22(33)32(19-9-7-18(24)8-10-19)15-16-3-5-17(6-4-16)20(28)34-21(29)23(25,26)27/h16-19,21-22,28,33H,2-15,29H2,1H3. The minimum absolute atomic E-state index is 0.202. The van der Waals surface area contributed by atoms with Crippen LogP contribution in [0, 0.1) is 17.2 Å². The van der Waals surface area contributed by atoms with Crippen molar-refractivity contribution in [2.24, 2.45) is 17.6 Å². The summed E-state index contributed by atoms with van der Waals surface area (Å²) in [5, 5.41) is 19.5. The molecule has 0 bridgehead atoms. The maximum Gasteiger partial charge on any atom is 0.439 e. The van der Waals surface area contributed by atoms with Gasteiger partial charge in [0.25, 0.3) is 0 Å². The zero-order valence-corrected chi connectivity index (χ0v) is 20.9. The third-order valence-corrected chi connectivity index (χ3v) is 8.27. The van der Waals surface area contributed by atoms with E-state index in [1.807, 2.05) is 0 Å². The van der Waals surface area contributed by atoms with Gasteiger partial charge in [-0.25, -0.2) is 0 Å². The van der Waals surface area contributed by atoms with Crippen molar-refractivity contribution in [2.45, 2.75) is 88.5 Å². The van der Waals surface area contributed by atoms with E-state index in [-0.39, 0.29) is 23.2 Å². The van der Waals surface area contributed by atoms with E-state index in [1.54, 1.807) is 0 Å². The van der Waals surface area contributed by atoms with E-state index in [1.165, 1.54) is 0 Å². The van der Waals surface area contributed by atoms with Crippen LogP contribution in [0.1, 0.15) is 58.3 Å². The van der Waals surface area contributed by atoms with E-state index in [4.69, 9.17) is 22.7 Å². The van der Waals surface area contributed by atoms with E-state index in [2.05, 4.69) is 26.4 Å². The van der Waals surface area contributed by atoms with Crippen molar-refractivity contribution in [3.63, 3.8) is 0 Å². The number of rotatable bonds is 8. The SMILES string of the molecule is CCN1CCN(C(O)N(CC2CCC(C(=N)OC(N)C(F)(F)F)CC2)C2CCC(Cl)CC2)CC1. The highest BCUT2D eigenvalue weighted by atomic mass is 35.5. The monoisotopic (exact) mass is 511 g/mol. The van der Waals surface area contributed by atoms with Gasteiger partial charge < -0.3 is 14.7 Å².